The molecule has 2 aromatic rings. The molecule has 98 valence electrons. The minimum Gasteiger partial charge on any atom is -0.211 e. The van der Waals surface area contributed by atoms with Crippen LogP contribution in [0, 0.1) is 13.8 Å². The number of benzene rings is 2. The van der Waals surface area contributed by atoms with Crippen molar-refractivity contribution >= 4 is 23.5 Å². The topological polar surface area (TPSA) is 58.9 Å². The molecule has 0 aliphatic rings. The van der Waals surface area contributed by atoms with Gasteiger partial charge in [0.05, 0.1) is 0 Å². The third-order valence-electron chi connectivity index (χ3n) is 3.19. The summed E-state index contributed by atoms with van der Waals surface area (Å²) < 4.78 is 0. The monoisotopic (exact) mass is 264 g/mol. The third kappa shape index (κ3) is 2.47. The standard InChI is InChI=1S/C16H12N2O2/c1-11-8-14(17-9-19)16(18-10-20)15(12(11)2)13-6-4-3-5-7-13/h3-8H,1-2H3. The van der Waals surface area contributed by atoms with E-state index in [1.54, 1.807) is 6.07 Å². The van der Waals surface area contributed by atoms with Crippen LogP contribution in [-0.2, 0) is 9.59 Å². The quantitative estimate of drug-likeness (QED) is 0.623. The fraction of sp³-hybridized carbons (Fsp3) is 0.125. The predicted molar refractivity (Wildman–Crippen MR) is 76.9 cm³/mol. The van der Waals surface area contributed by atoms with Crippen LogP contribution in [0.25, 0.3) is 11.1 Å². The Labute approximate surface area is 116 Å². The molecule has 0 fully saturated rings. The molecule has 0 N–H and O–H groups in total. The van der Waals surface area contributed by atoms with Gasteiger partial charge in [-0.1, -0.05) is 30.3 Å². The Bertz CT molecular complexity index is 739. The predicted octanol–water partition coefficient (Wildman–Crippen LogP) is 3.91. The molecule has 0 aliphatic heterocycles. The molecule has 0 aromatic heterocycles. The lowest BCUT2D eigenvalue weighted by atomic mass is 9.94. The summed E-state index contributed by atoms with van der Waals surface area (Å²) in [4.78, 5) is 28.6. The summed E-state index contributed by atoms with van der Waals surface area (Å²) in [7, 11) is 0. The summed E-state index contributed by atoms with van der Waals surface area (Å²) in [6, 6.07) is 11.2. The lowest BCUT2D eigenvalue weighted by Gasteiger charge is -2.13. The maximum absolute atomic E-state index is 10.7. The zero-order chi connectivity index (χ0) is 14.5. The summed E-state index contributed by atoms with van der Waals surface area (Å²) in [6.07, 6.45) is 3.02. The van der Waals surface area contributed by atoms with E-state index in [4.69, 9.17) is 0 Å². The van der Waals surface area contributed by atoms with Crippen LogP contribution < -0.4 is 0 Å². The molecule has 4 nitrogen and oxygen atoms in total. The van der Waals surface area contributed by atoms with E-state index < -0.39 is 0 Å². The van der Waals surface area contributed by atoms with Crippen LogP contribution in [0.4, 0.5) is 11.4 Å². The van der Waals surface area contributed by atoms with E-state index in [2.05, 4.69) is 9.98 Å². The van der Waals surface area contributed by atoms with E-state index in [1.165, 1.54) is 12.2 Å². The van der Waals surface area contributed by atoms with Crippen molar-refractivity contribution in [3.8, 4) is 11.1 Å². The first-order valence-corrected chi connectivity index (χ1v) is 6.04. The molecular formula is C16H12N2O2. The summed E-state index contributed by atoms with van der Waals surface area (Å²) in [5, 5.41) is 0. The van der Waals surface area contributed by atoms with Gasteiger partial charge in [0.25, 0.3) is 0 Å². The van der Waals surface area contributed by atoms with Crippen molar-refractivity contribution in [3.05, 3.63) is 47.5 Å². The van der Waals surface area contributed by atoms with Gasteiger partial charge in [-0.15, -0.1) is 0 Å². The maximum Gasteiger partial charge on any atom is 0.240 e. The number of isocyanates is 2. The van der Waals surface area contributed by atoms with Crippen molar-refractivity contribution in [1.82, 2.24) is 0 Å². The van der Waals surface area contributed by atoms with Crippen LogP contribution in [0.1, 0.15) is 11.1 Å². The van der Waals surface area contributed by atoms with Crippen molar-refractivity contribution in [2.24, 2.45) is 9.98 Å². The van der Waals surface area contributed by atoms with Gasteiger partial charge >= 0.3 is 0 Å². The molecule has 0 bridgehead atoms. The maximum atomic E-state index is 10.7. The molecule has 0 saturated carbocycles. The molecule has 0 atom stereocenters. The summed E-state index contributed by atoms with van der Waals surface area (Å²) >= 11 is 0. The summed E-state index contributed by atoms with van der Waals surface area (Å²) in [6.45, 7) is 3.86. The molecule has 20 heavy (non-hydrogen) atoms. The summed E-state index contributed by atoms with van der Waals surface area (Å²) in [5.41, 5.74) is 4.30. The molecule has 0 spiro atoms. The van der Waals surface area contributed by atoms with Crippen molar-refractivity contribution in [2.45, 2.75) is 13.8 Å². The third-order valence-corrected chi connectivity index (χ3v) is 3.19. The van der Waals surface area contributed by atoms with Crippen LogP contribution >= 0.6 is 0 Å². The number of carbonyl (C=O) groups excluding carboxylic acids is 2. The van der Waals surface area contributed by atoms with Gasteiger partial charge < -0.3 is 0 Å². The van der Waals surface area contributed by atoms with Crippen molar-refractivity contribution in [3.63, 3.8) is 0 Å². The van der Waals surface area contributed by atoms with Gasteiger partial charge in [0.1, 0.15) is 11.4 Å². The number of aryl methyl sites for hydroxylation is 1. The van der Waals surface area contributed by atoms with Gasteiger partial charge in [-0.2, -0.15) is 9.98 Å². The first-order chi connectivity index (χ1) is 9.69. The second-order valence-electron chi connectivity index (χ2n) is 4.33. The number of rotatable bonds is 3. The van der Waals surface area contributed by atoms with Gasteiger partial charge in [0.15, 0.2) is 0 Å². The normalized spacial score (nSPS) is 9.50. The Hall–Kier alpha value is -2.80. The molecule has 0 amide bonds. The second kappa shape index (κ2) is 5.89. The lowest BCUT2D eigenvalue weighted by Crippen LogP contribution is -1.89. The van der Waals surface area contributed by atoms with Gasteiger partial charge in [0, 0.05) is 5.56 Å². The highest BCUT2D eigenvalue weighted by molar-refractivity contribution is 5.89. The van der Waals surface area contributed by atoms with E-state index in [9.17, 15) is 9.59 Å². The van der Waals surface area contributed by atoms with Crippen LogP contribution in [0.2, 0.25) is 0 Å². The van der Waals surface area contributed by atoms with Crippen LogP contribution in [0.15, 0.2) is 46.4 Å². The molecule has 0 unspecified atom stereocenters. The lowest BCUT2D eigenvalue weighted by molar-refractivity contribution is 0.564. The van der Waals surface area contributed by atoms with Gasteiger partial charge in [0.2, 0.25) is 12.2 Å². The zero-order valence-electron chi connectivity index (χ0n) is 11.2. The van der Waals surface area contributed by atoms with Gasteiger partial charge in [-0.05, 0) is 36.6 Å². The van der Waals surface area contributed by atoms with Crippen molar-refractivity contribution < 1.29 is 9.59 Å². The van der Waals surface area contributed by atoms with E-state index in [0.29, 0.717) is 11.4 Å². The number of hydrogen-bond donors (Lipinski definition) is 0. The summed E-state index contributed by atoms with van der Waals surface area (Å²) in [5.74, 6) is 0. The van der Waals surface area contributed by atoms with Crippen LogP contribution in [0.3, 0.4) is 0 Å². The van der Waals surface area contributed by atoms with Crippen LogP contribution in [-0.4, -0.2) is 12.2 Å². The SMILES string of the molecule is Cc1cc(N=C=O)c(N=C=O)c(-c2ccccc2)c1C. The molecule has 0 saturated heterocycles. The first-order valence-electron chi connectivity index (χ1n) is 6.04. The van der Waals surface area contributed by atoms with E-state index in [1.807, 2.05) is 44.2 Å². The molecular weight excluding hydrogens is 252 g/mol. The minimum absolute atomic E-state index is 0.324. The largest absolute Gasteiger partial charge is 0.240 e. The molecule has 0 aliphatic carbocycles. The van der Waals surface area contributed by atoms with Crippen molar-refractivity contribution in [2.75, 3.05) is 0 Å². The average Bonchev–Trinajstić information content (AvgIpc) is 2.46. The zero-order valence-corrected chi connectivity index (χ0v) is 11.2. The molecule has 4 heteroatoms. The van der Waals surface area contributed by atoms with Crippen molar-refractivity contribution in [1.29, 1.82) is 0 Å². The first kappa shape index (κ1) is 13.6. The van der Waals surface area contributed by atoms with Crippen LogP contribution in [0.5, 0.6) is 0 Å². The molecule has 2 rings (SSSR count). The Kier molecular flexibility index (Phi) is 4.02. The fourth-order valence-corrected chi connectivity index (χ4v) is 2.14. The molecule has 0 radical (unpaired) electrons. The molecule has 0 heterocycles. The Balaban J connectivity index is 2.89. The highest BCUT2D eigenvalue weighted by Crippen LogP contribution is 2.42. The average molecular weight is 264 g/mol. The second-order valence-corrected chi connectivity index (χ2v) is 4.33. The Morgan fingerprint density at radius 2 is 1.60 bits per heavy atom. The Morgan fingerprint density at radius 3 is 2.20 bits per heavy atom. The fourth-order valence-electron chi connectivity index (χ4n) is 2.14. The smallest absolute Gasteiger partial charge is 0.211 e. The molecule has 2 aromatic carbocycles. The van der Waals surface area contributed by atoms with Gasteiger partial charge in [-0.25, -0.2) is 9.59 Å². The number of nitrogens with zero attached hydrogens (tertiary/aromatic N) is 2. The highest BCUT2D eigenvalue weighted by Gasteiger charge is 2.15. The minimum atomic E-state index is 0.324. The highest BCUT2D eigenvalue weighted by atomic mass is 16.1. The van der Waals surface area contributed by atoms with E-state index >= 15 is 0 Å². The van der Waals surface area contributed by atoms with Gasteiger partial charge in [-0.3, -0.25) is 0 Å². The van der Waals surface area contributed by atoms with E-state index in [0.717, 1.165) is 22.3 Å². The number of aliphatic imine (C=N–C) groups is 2. The Morgan fingerprint density at radius 1 is 0.950 bits per heavy atom. The number of hydrogen-bond acceptors (Lipinski definition) is 4. The van der Waals surface area contributed by atoms with E-state index in [-0.39, 0.29) is 0 Å².